The minimum absolute atomic E-state index is 0.0548. The molecule has 0 fully saturated rings. The van der Waals surface area contributed by atoms with Gasteiger partial charge >= 0.3 is 0 Å². The average Bonchev–Trinajstić information content (AvgIpc) is 2.53. The topological polar surface area (TPSA) is 29.1 Å². The van der Waals surface area contributed by atoms with Crippen LogP contribution in [0.25, 0.3) is 6.08 Å². The lowest BCUT2D eigenvalue weighted by molar-refractivity contribution is -0.116. The summed E-state index contributed by atoms with van der Waals surface area (Å²) in [5, 5.41) is 2.91. The number of benzene rings is 2. The molecule has 23 heavy (non-hydrogen) atoms. The molecule has 0 saturated carbocycles. The van der Waals surface area contributed by atoms with Crippen LogP contribution < -0.4 is 5.32 Å². The van der Waals surface area contributed by atoms with Crippen LogP contribution in [0.15, 0.2) is 60.7 Å². The minimum atomic E-state index is -0.0548. The van der Waals surface area contributed by atoms with Crippen molar-refractivity contribution in [1.29, 1.82) is 0 Å². The first-order chi connectivity index (χ1) is 10.9. The molecule has 0 saturated heterocycles. The molecule has 0 aromatic heterocycles. The Morgan fingerprint density at radius 1 is 1.00 bits per heavy atom. The molecule has 0 heterocycles. The number of hydrogen-bond donors (Lipinski definition) is 1. The maximum atomic E-state index is 11.8. The summed E-state index contributed by atoms with van der Waals surface area (Å²) in [6.07, 6.45) is 4.29. The van der Waals surface area contributed by atoms with Gasteiger partial charge in [-0.1, -0.05) is 75.4 Å². The molecule has 2 aromatic rings. The number of rotatable bonds is 5. The number of carbonyl (C=O) groups excluding carboxylic acids is 1. The average molecular weight is 307 g/mol. The summed E-state index contributed by atoms with van der Waals surface area (Å²) in [7, 11) is 0. The fourth-order valence-corrected chi connectivity index (χ4v) is 2.30. The van der Waals surface area contributed by atoms with Crippen LogP contribution in [0.2, 0.25) is 0 Å². The highest BCUT2D eigenvalue weighted by Gasteiger charge is 2.12. The van der Waals surface area contributed by atoms with Gasteiger partial charge in [0.25, 0.3) is 0 Å². The molecule has 0 spiro atoms. The standard InChI is InChI=1S/C21H25NO/c1-21(2,3)19-12-9-18(10-13-19)11-14-20(23)22-16-15-17-7-5-4-6-8-17/h4-14H,15-16H2,1-3H3,(H,22,23)/b14-11+. The van der Waals surface area contributed by atoms with Crippen LogP contribution in [-0.4, -0.2) is 12.5 Å². The van der Waals surface area contributed by atoms with Gasteiger partial charge in [-0.3, -0.25) is 4.79 Å². The van der Waals surface area contributed by atoms with Crippen molar-refractivity contribution < 1.29 is 4.79 Å². The van der Waals surface area contributed by atoms with E-state index in [0.29, 0.717) is 6.54 Å². The summed E-state index contributed by atoms with van der Waals surface area (Å²) in [5.41, 5.74) is 3.71. The van der Waals surface area contributed by atoms with E-state index in [1.54, 1.807) is 6.08 Å². The molecule has 0 bridgehead atoms. The Kier molecular flexibility index (Phi) is 5.75. The first-order valence-electron chi connectivity index (χ1n) is 8.05. The van der Waals surface area contributed by atoms with Gasteiger partial charge in [-0.15, -0.1) is 0 Å². The maximum absolute atomic E-state index is 11.8. The van der Waals surface area contributed by atoms with E-state index in [9.17, 15) is 4.79 Å². The number of nitrogens with one attached hydrogen (secondary N) is 1. The molecule has 0 radical (unpaired) electrons. The minimum Gasteiger partial charge on any atom is -0.352 e. The van der Waals surface area contributed by atoms with Crippen LogP contribution in [0.3, 0.4) is 0 Å². The van der Waals surface area contributed by atoms with E-state index < -0.39 is 0 Å². The smallest absolute Gasteiger partial charge is 0.244 e. The second kappa shape index (κ2) is 7.77. The molecule has 1 amide bonds. The largest absolute Gasteiger partial charge is 0.352 e. The van der Waals surface area contributed by atoms with Crippen LogP contribution in [0.5, 0.6) is 0 Å². The van der Waals surface area contributed by atoms with Crippen molar-refractivity contribution in [2.45, 2.75) is 32.6 Å². The third-order valence-electron chi connectivity index (χ3n) is 3.76. The third kappa shape index (κ3) is 5.74. The van der Waals surface area contributed by atoms with E-state index in [-0.39, 0.29) is 11.3 Å². The Hall–Kier alpha value is -2.35. The van der Waals surface area contributed by atoms with Crippen molar-refractivity contribution in [3.63, 3.8) is 0 Å². The Morgan fingerprint density at radius 2 is 1.65 bits per heavy atom. The molecule has 2 heteroatoms. The summed E-state index contributed by atoms with van der Waals surface area (Å²) >= 11 is 0. The van der Waals surface area contributed by atoms with Crippen LogP contribution in [-0.2, 0) is 16.6 Å². The van der Waals surface area contributed by atoms with E-state index in [1.807, 2.05) is 36.4 Å². The van der Waals surface area contributed by atoms with Gasteiger partial charge in [0.15, 0.2) is 0 Å². The SMILES string of the molecule is CC(C)(C)c1ccc(/C=C/C(=O)NCCc2ccccc2)cc1. The van der Waals surface area contributed by atoms with Crippen molar-refractivity contribution >= 4 is 12.0 Å². The summed E-state index contributed by atoms with van der Waals surface area (Å²) in [4.78, 5) is 11.8. The van der Waals surface area contributed by atoms with Gasteiger partial charge in [0.1, 0.15) is 0 Å². The molecule has 1 N–H and O–H groups in total. The molecule has 2 nitrogen and oxygen atoms in total. The Morgan fingerprint density at radius 3 is 2.26 bits per heavy atom. The van der Waals surface area contributed by atoms with Crippen molar-refractivity contribution in [3.8, 4) is 0 Å². The normalized spacial score (nSPS) is 11.6. The van der Waals surface area contributed by atoms with Crippen LogP contribution in [0, 0.1) is 0 Å². The van der Waals surface area contributed by atoms with E-state index >= 15 is 0 Å². The van der Waals surface area contributed by atoms with Crippen LogP contribution in [0.1, 0.15) is 37.5 Å². The lowest BCUT2D eigenvalue weighted by atomic mass is 9.87. The summed E-state index contributed by atoms with van der Waals surface area (Å²) in [6.45, 7) is 7.23. The zero-order chi connectivity index (χ0) is 16.7. The van der Waals surface area contributed by atoms with Crippen molar-refractivity contribution in [1.82, 2.24) is 5.32 Å². The first-order valence-corrected chi connectivity index (χ1v) is 8.05. The predicted molar refractivity (Wildman–Crippen MR) is 97.3 cm³/mol. The highest BCUT2D eigenvalue weighted by Crippen LogP contribution is 2.22. The summed E-state index contributed by atoms with van der Waals surface area (Å²) < 4.78 is 0. The number of carbonyl (C=O) groups is 1. The highest BCUT2D eigenvalue weighted by atomic mass is 16.1. The second-order valence-electron chi connectivity index (χ2n) is 6.73. The molecular weight excluding hydrogens is 282 g/mol. The van der Waals surface area contributed by atoms with Crippen molar-refractivity contribution in [2.75, 3.05) is 6.54 Å². The monoisotopic (exact) mass is 307 g/mol. The number of hydrogen-bond acceptors (Lipinski definition) is 1. The van der Waals surface area contributed by atoms with Gasteiger partial charge in [-0.25, -0.2) is 0 Å². The summed E-state index contributed by atoms with van der Waals surface area (Å²) in [5.74, 6) is -0.0548. The Bertz CT molecular complexity index is 648. The zero-order valence-corrected chi connectivity index (χ0v) is 14.2. The van der Waals surface area contributed by atoms with E-state index in [0.717, 1.165) is 12.0 Å². The lowest BCUT2D eigenvalue weighted by Gasteiger charge is -2.18. The third-order valence-corrected chi connectivity index (χ3v) is 3.76. The Labute approximate surface area is 139 Å². The van der Waals surface area contributed by atoms with Gasteiger partial charge in [-0.05, 0) is 34.6 Å². The molecule has 0 atom stereocenters. The Balaban J connectivity index is 1.81. The van der Waals surface area contributed by atoms with Gasteiger partial charge in [0.2, 0.25) is 5.91 Å². The van der Waals surface area contributed by atoms with Crippen molar-refractivity contribution in [3.05, 3.63) is 77.4 Å². The molecule has 2 rings (SSSR count). The number of amides is 1. The molecule has 0 aliphatic heterocycles. The molecule has 0 aliphatic carbocycles. The highest BCUT2D eigenvalue weighted by molar-refractivity contribution is 5.91. The van der Waals surface area contributed by atoms with Gasteiger partial charge < -0.3 is 5.32 Å². The van der Waals surface area contributed by atoms with E-state index in [4.69, 9.17) is 0 Å². The second-order valence-corrected chi connectivity index (χ2v) is 6.73. The van der Waals surface area contributed by atoms with Gasteiger partial charge in [-0.2, -0.15) is 0 Å². The fourth-order valence-electron chi connectivity index (χ4n) is 2.30. The van der Waals surface area contributed by atoms with Crippen LogP contribution in [0.4, 0.5) is 0 Å². The predicted octanol–water partition coefficient (Wildman–Crippen LogP) is 4.36. The maximum Gasteiger partial charge on any atom is 0.244 e. The molecule has 0 unspecified atom stereocenters. The van der Waals surface area contributed by atoms with Crippen LogP contribution >= 0.6 is 0 Å². The lowest BCUT2D eigenvalue weighted by Crippen LogP contribution is -2.23. The molecule has 2 aromatic carbocycles. The molecular formula is C21H25NO. The molecule has 120 valence electrons. The van der Waals surface area contributed by atoms with Gasteiger partial charge in [0, 0.05) is 12.6 Å². The van der Waals surface area contributed by atoms with Crippen molar-refractivity contribution in [2.24, 2.45) is 0 Å². The van der Waals surface area contributed by atoms with Gasteiger partial charge in [0.05, 0.1) is 0 Å². The first kappa shape index (κ1) is 17.0. The quantitative estimate of drug-likeness (QED) is 0.817. The van der Waals surface area contributed by atoms with E-state index in [2.05, 4.69) is 50.4 Å². The van der Waals surface area contributed by atoms with E-state index in [1.165, 1.54) is 11.1 Å². The molecule has 0 aliphatic rings. The fraction of sp³-hybridized carbons (Fsp3) is 0.286. The summed E-state index contributed by atoms with van der Waals surface area (Å²) in [6, 6.07) is 18.5. The zero-order valence-electron chi connectivity index (χ0n) is 14.2.